The highest BCUT2D eigenvalue weighted by atomic mass is 16.5. The zero-order valence-corrected chi connectivity index (χ0v) is 15.4. The second-order valence-electron chi connectivity index (χ2n) is 6.87. The van der Waals surface area contributed by atoms with Gasteiger partial charge in [-0.3, -0.25) is 9.48 Å². The van der Waals surface area contributed by atoms with Crippen molar-refractivity contribution in [2.45, 2.75) is 12.5 Å². The minimum absolute atomic E-state index is 0.195. The smallest absolute Gasteiger partial charge is 0.532 e. The average molecular weight is 389 g/mol. The van der Waals surface area contributed by atoms with Crippen LogP contribution in [0, 0.1) is 17.2 Å². The van der Waals surface area contributed by atoms with Crippen LogP contribution in [0.5, 0.6) is 5.75 Å². The van der Waals surface area contributed by atoms with E-state index in [0.29, 0.717) is 42.1 Å². The molecule has 144 valence electrons. The first kappa shape index (κ1) is 19.1. The van der Waals surface area contributed by atoms with Gasteiger partial charge < -0.3 is 25.5 Å². The number of nitrogens with two attached hydrogens (primary N) is 1. The number of ether oxygens (including phenoxy) is 1. The van der Waals surface area contributed by atoms with Crippen molar-refractivity contribution in [2.75, 3.05) is 18.5 Å². The number of hydrogen-bond donors (Lipinski definition) is 3. The number of amides is 1. The maximum absolute atomic E-state index is 11.9. The molecule has 2 aromatic rings. The lowest BCUT2D eigenvalue weighted by atomic mass is 9.74. The van der Waals surface area contributed by atoms with Crippen molar-refractivity contribution in [3.8, 4) is 11.8 Å². The van der Waals surface area contributed by atoms with Crippen LogP contribution >= 0.6 is 0 Å². The molecule has 9 nitrogen and oxygen atoms in total. The molecule has 0 aliphatic carbocycles. The van der Waals surface area contributed by atoms with Crippen LogP contribution in [0.25, 0.3) is 5.47 Å². The fourth-order valence-electron chi connectivity index (χ4n) is 3.45. The lowest BCUT2D eigenvalue weighted by Crippen LogP contribution is -2.29. The summed E-state index contributed by atoms with van der Waals surface area (Å²) in [6, 6.07) is 7.04. The molecule has 1 fully saturated rings. The van der Waals surface area contributed by atoms with E-state index in [0.717, 1.165) is 0 Å². The number of primary amides is 1. The number of hydrogen-bond acceptors (Lipinski definition) is 7. The van der Waals surface area contributed by atoms with E-state index < -0.39 is 13.0 Å². The van der Waals surface area contributed by atoms with Gasteiger partial charge in [0, 0.05) is 24.1 Å². The van der Waals surface area contributed by atoms with E-state index in [1.165, 1.54) is 12.2 Å². The summed E-state index contributed by atoms with van der Waals surface area (Å²) < 4.78 is 12.3. The van der Waals surface area contributed by atoms with Gasteiger partial charge in [-0.15, -0.1) is 0 Å². The van der Waals surface area contributed by atoms with Crippen LogP contribution in [0.2, 0.25) is 0 Å². The van der Waals surface area contributed by atoms with Crippen molar-refractivity contribution >= 4 is 37.8 Å². The molecule has 2 aliphatic heterocycles. The van der Waals surface area contributed by atoms with Crippen LogP contribution in [0.3, 0.4) is 0 Å². The molecule has 2 aliphatic rings. The summed E-state index contributed by atoms with van der Waals surface area (Å²) >= 11 is 0. The quantitative estimate of drug-likeness (QED) is 0.657. The second-order valence-corrected chi connectivity index (χ2v) is 6.87. The van der Waals surface area contributed by atoms with E-state index in [9.17, 15) is 15.1 Å². The second kappa shape index (κ2) is 7.66. The summed E-state index contributed by atoms with van der Waals surface area (Å²) in [6.45, 7) is 0.849. The molecular formula is C18H17B2N5O4. The summed E-state index contributed by atoms with van der Waals surface area (Å²) in [7, 11) is 4.87. The van der Waals surface area contributed by atoms with Crippen molar-refractivity contribution in [2.24, 2.45) is 11.7 Å². The number of aromatic nitrogens is 2. The monoisotopic (exact) mass is 389 g/mol. The van der Waals surface area contributed by atoms with Gasteiger partial charge in [-0.25, -0.2) is 0 Å². The molecule has 0 spiro atoms. The Morgan fingerprint density at radius 3 is 3.10 bits per heavy atom. The van der Waals surface area contributed by atoms with Gasteiger partial charge in [-0.05, 0) is 30.6 Å². The first-order chi connectivity index (χ1) is 14.0. The highest BCUT2D eigenvalue weighted by Gasteiger charge is 2.30. The molecular weight excluding hydrogens is 372 g/mol. The number of rotatable bonds is 4. The Hall–Kier alpha value is -3.22. The van der Waals surface area contributed by atoms with Gasteiger partial charge in [0.2, 0.25) is 0 Å². The van der Waals surface area contributed by atoms with Crippen LogP contribution in [-0.4, -0.2) is 48.9 Å². The van der Waals surface area contributed by atoms with Crippen molar-refractivity contribution in [1.82, 2.24) is 9.78 Å². The third kappa shape index (κ3) is 3.72. The third-order valence-electron chi connectivity index (χ3n) is 4.95. The molecule has 2 radical (unpaired) electrons. The Kier molecular flexibility index (Phi) is 5.05. The molecule has 1 saturated heterocycles. The Bertz CT molecular complexity index is 1030. The summed E-state index contributed by atoms with van der Waals surface area (Å²) in [5.41, 5.74) is 7.29. The predicted octanol–water partition coefficient (Wildman–Crippen LogP) is 0.748. The predicted molar refractivity (Wildman–Crippen MR) is 106 cm³/mol. The number of fused-ring (bicyclic) bond motifs is 1. The molecule has 0 saturated carbocycles. The average Bonchev–Trinajstić information content (AvgIpc) is 3.12. The summed E-state index contributed by atoms with van der Waals surface area (Å²) in [4.78, 5) is 11.9. The third-order valence-corrected chi connectivity index (χ3v) is 4.95. The van der Waals surface area contributed by atoms with Crippen molar-refractivity contribution in [1.29, 1.82) is 5.26 Å². The van der Waals surface area contributed by atoms with E-state index in [4.69, 9.17) is 23.0 Å². The molecule has 0 bridgehead atoms. The first-order valence-electron chi connectivity index (χ1n) is 9.06. The number of benzene rings is 1. The molecule has 2 unspecified atom stereocenters. The Labute approximate surface area is 168 Å². The number of carbonyl (C=O) groups excluding carboxylic acids is 1. The molecule has 4 rings (SSSR count). The number of carbonyl (C=O) groups is 1. The van der Waals surface area contributed by atoms with E-state index in [1.54, 1.807) is 22.9 Å². The van der Waals surface area contributed by atoms with Gasteiger partial charge in [0.15, 0.2) is 5.82 Å². The maximum Gasteiger partial charge on any atom is 0.551 e. The zero-order chi connectivity index (χ0) is 20.5. The standard InChI is InChI=1S/C18H17B2N5O4/c19-14-6-20(27)29-16-2-1-11(5-12(14)16)23-18-13(17(22)26)8-25(24-18)15-9-28-4-3-10(15)7-21/h1-2,5-6,8,10,15,27H,3-4,9H2,(H2,22,26)(H,23,24). The SMILES string of the molecule is [B]C1=CB(O)Oc2ccc(Nc3nn(C4COCCC4C#N)cc3C(N)=O)cc21. The molecule has 4 N–H and O–H groups in total. The molecule has 1 aromatic carbocycles. The van der Waals surface area contributed by atoms with E-state index in [2.05, 4.69) is 16.5 Å². The Morgan fingerprint density at radius 2 is 2.34 bits per heavy atom. The van der Waals surface area contributed by atoms with Gasteiger partial charge in [0.25, 0.3) is 5.91 Å². The lowest BCUT2D eigenvalue weighted by Gasteiger charge is -2.26. The van der Waals surface area contributed by atoms with Crippen LogP contribution < -0.4 is 15.7 Å². The van der Waals surface area contributed by atoms with Gasteiger partial charge in [0.05, 0.1) is 24.6 Å². The minimum atomic E-state index is -1.09. The minimum Gasteiger partial charge on any atom is -0.532 e. The summed E-state index contributed by atoms with van der Waals surface area (Å²) in [5.74, 6) is 1.18. The maximum atomic E-state index is 11.9. The summed E-state index contributed by atoms with van der Waals surface area (Å²) in [6.07, 6.45) is 2.12. The first-order valence-corrected chi connectivity index (χ1v) is 9.06. The topological polar surface area (TPSA) is 135 Å². The number of nitrogens with zero attached hydrogens (tertiary/aromatic N) is 3. The number of nitrogens with one attached hydrogen (secondary N) is 1. The van der Waals surface area contributed by atoms with Crippen LogP contribution in [0.15, 0.2) is 30.4 Å². The highest BCUT2D eigenvalue weighted by molar-refractivity contribution is 6.59. The van der Waals surface area contributed by atoms with Crippen molar-refractivity contribution < 1.29 is 19.2 Å². The van der Waals surface area contributed by atoms with Crippen molar-refractivity contribution in [3.63, 3.8) is 0 Å². The van der Waals surface area contributed by atoms with E-state index >= 15 is 0 Å². The van der Waals surface area contributed by atoms with Gasteiger partial charge in [-0.2, -0.15) is 10.4 Å². The summed E-state index contributed by atoms with van der Waals surface area (Å²) in [5, 5.41) is 26.5. The fraction of sp³-hybridized carbons (Fsp3) is 0.278. The molecule has 1 aromatic heterocycles. The Morgan fingerprint density at radius 1 is 1.52 bits per heavy atom. The largest absolute Gasteiger partial charge is 0.551 e. The molecule has 2 atom stereocenters. The van der Waals surface area contributed by atoms with Crippen molar-refractivity contribution in [3.05, 3.63) is 41.5 Å². The van der Waals surface area contributed by atoms with Gasteiger partial charge in [-0.1, -0.05) is 5.47 Å². The molecule has 11 heteroatoms. The Balaban J connectivity index is 1.65. The van der Waals surface area contributed by atoms with Crippen LogP contribution in [-0.2, 0) is 4.74 Å². The fourth-order valence-corrected chi connectivity index (χ4v) is 3.45. The number of nitriles is 1. The van der Waals surface area contributed by atoms with Crippen LogP contribution in [0.1, 0.15) is 28.4 Å². The van der Waals surface area contributed by atoms with Gasteiger partial charge in [0.1, 0.15) is 19.2 Å². The molecule has 1 amide bonds. The normalized spacial score (nSPS) is 20.8. The van der Waals surface area contributed by atoms with Crippen LogP contribution in [0.4, 0.5) is 11.5 Å². The van der Waals surface area contributed by atoms with E-state index in [1.807, 2.05) is 0 Å². The number of anilines is 2. The van der Waals surface area contributed by atoms with Gasteiger partial charge >= 0.3 is 7.12 Å². The molecule has 3 heterocycles. The highest BCUT2D eigenvalue weighted by Crippen LogP contribution is 2.33. The van der Waals surface area contributed by atoms with E-state index in [-0.39, 0.29) is 23.3 Å². The zero-order valence-electron chi connectivity index (χ0n) is 15.4. The molecule has 29 heavy (non-hydrogen) atoms. The lowest BCUT2D eigenvalue weighted by molar-refractivity contribution is 0.0342.